The predicted octanol–water partition coefficient (Wildman–Crippen LogP) is 3.58. The minimum atomic E-state index is -0.608. The van der Waals surface area contributed by atoms with E-state index in [1.54, 1.807) is 6.92 Å². The van der Waals surface area contributed by atoms with Gasteiger partial charge in [-0.25, -0.2) is 9.59 Å². The fraction of sp³-hybridized carbons (Fsp3) is 0.409. The molecule has 0 radical (unpaired) electrons. The third-order valence-corrected chi connectivity index (χ3v) is 6.61. The molecule has 0 spiro atoms. The molecule has 0 saturated heterocycles. The third kappa shape index (κ3) is 4.39. The zero-order chi connectivity index (χ0) is 21.8. The van der Waals surface area contributed by atoms with Gasteiger partial charge in [-0.05, 0) is 49.9 Å². The number of hydrogen-bond donors (Lipinski definition) is 1. The molecular weight excluding hydrogens is 404 g/mol. The lowest BCUT2D eigenvalue weighted by Gasteiger charge is -2.32. The standard InChI is InChI=1S/C22H26N2O5S/c1-13-18(21(26)28-3)20(30-19(13)22(27)29-4)23-17(25)12-24(2)16-11-7-9-14-8-5-6-10-15(14)16/h5-6,8,10,16H,7,9,11-12H2,1-4H3,(H,23,25)/t16-/m1/s1. The summed E-state index contributed by atoms with van der Waals surface area (Å²) >= 11 is 1.02. The lowest BCUT2D eigenvalue weighted by Crippen LogP contribution is -2.35. The summed E-state index contributed by atoms with van der Waals surface area (Å²) < 4.78 is 9.61. The van der Waals surface area contributed by atoms with E-state index in [9.17, 15) is 14.4 Å². The summed E-state index contributed by atoms with van der Waals surface area (Å²) in [5, 5.41) is 3.08. The van der Waals surface area contributed by atoms with Crippen molar-refractivity contribution in [1.82, 2.24) is 4.90 Å². The quantitative estimate of drug-likeness (QED) is 0.705. The van der Waals surface area contributed by atoms with Gasteiger partial charge >= 0.3 is 11.9 Å². The lowest BCUT2D eigenvalue weighted by atomic mass is 9.87. The molecule has 0 saturated carbocycles. The third-order valence-electron chi connectivity index (χ3n) is 5.42. The van der Waals surface area contributed by atoms with Crippen LogP contribution in [0.15, 0.2) is 24.3 Å². The summed E-state index contributed by atoms with van der Waals surface area (Å²) in [5.74, 6) is -1.42. The maximum absolute atomic E-state index is 12.8. The van der Waals surface area contributed by atoms with Crippen LogP contribution in [0.3, 0.4) is 0 Å². The number of hydrogen-bond acceptors (Lipinski definition) is 7. The summed E-state index contributed by atoms with van der Waals surface area (Å²) in [6.07, 6.45) is 3.12. The van der Waals surface area contributed by atoms with Gasteiger partial charge in [0.2, 0.25) is 5.91 Å². The van der Waals surface area contributed by atoms with Gasteiger partial charge < -0.3 is 14.8 Å². The smallest absolute Gasteiger partial charge is 0.348 e. The van der Waals surface area contributed by atoms with E-state index in [1.807, 2.05) is 24.1 Å². The Balaban J connectivity index is 1.78. The number of thiophene rings is 1. The molecule has 0 aliphatic heterocycles. The number of aryl methyl sites for hydroxylation is 1. The van der Waals surface area contributed by atoms with E-state index in [4.69, 9.17) is 9.47 Å². The van der Waals surface area contributed by atoms with Gasteiger partial charge in [0, 0.05) is 6.04 Å². The topological polar surface area (TPSA) is 84.9 Å². The second-order valence-corrected chi connectivity index (χ2v) is 8.33. The molecule has 1 aliphatic rings. The number of methoxy groups -OCH3 is 2. The summed E-state index contributed by atoms with van der Waals surface area (Å²) in [7, 11) is 4.46. The van der Waals surface area contributed by atoms with Gasteiger partial charge in [-0.1, -0.05) is 24.3 Å². The minimum absolute atomic E-state index is 0.157. The van der Waals surface area contributed by atoms with Crippen LogP contribution in [0.1, 0.15) is 55.6 Å². The molecule has 1 aromatic heterocycles. The summed E-state index contributed by atoms with van der Waals surface area (Å²) in [6.45, 7) is 1.79. The average Bonchev–Trinajstić information content (AvgIpc) is 3.07. The number of rotatable bonds is 6. The van der Waals surface area contributed by atoms with Gasteiger partial charge in [-0.2, -0.15) is 0 Å². The van der Waals surface area contributed by atoms with Gasteiger partial charge in [0.1, 0.15) is 9.88 Å². The minimum Gasteiger partial charge on any atom is -0.465 e. The fourth-order valence-corrected chi connectivity index (χ4v) is 5.06. The molecule has 30 heavy (non-hydrogen) atoms. The Hall–Kier alpha value is -2.71. The Kier molecular flexibility index (Phi) is 6.89. The summed E-state index contributed by atoms with van der Waals surface area (Å²) in [5.41, 5.74) is 3.20. The fourth-order valence-electron chi connectivity index (χ4n) is 3.93. The van der Waals surface area contributed by atoms with Crippen molar-refractivity contribution in [3.8, 4) is 0 Å². The summed E-state index contributed by atoms with van der Waals surface area (Å²) in [4.78, 5) is 39.3. The predicted molar refractivity (Wildman–Crippen MR) is 115 cm³/mol. The van der Waals surface area contributed by atoms with Crippen LogP contribution in [0, 0.1) is 6.92 Å². The highest BCUT2D eigenvalue weighted by atomic mass is 32.1. The molecular formula is C22H26N2O5S. The van der Waals surface area contributed by atoms with Gasteiger partial charge in [-0.15, -0.1) is 11.3 Å². The zero-order valence-corrected chi connectivity index (χ0v) is 18.4. The largest absolute Gasteiger partial charge is 0.465 e. The average molecular weight is 431 g/mol. The number of esters is 2. The van der Waals surface area contributed by atoms with Crippen LogP contribution in [-0.4, -0.2) is 50.6 Å². The molecule has 2 aromatic rings. The molecule has 7 nitrogen and oxygen atoms in total. The SMILES string of the molecule is COC(=O)c1sc(NC(=O)CN(C)[C@@H]2CCCc3ccccc32)c(C(=O)OC)c1C. The highest BCUT2D eigenvalue weighted by molar-refractivity contribution is 7.18. The van der Waals surface area contributed by atoms with E-state index in [0.29, 0.717) is 10.6 Å². The van der Waals surface area contributed by atoms with Gasteiger partial charge in [-0.3, -0.25) is 9.69 Å². The van der Waals surface area contributed by atoms with E-state index in [1.165, 1.54) is 25.3 Å². The molecule has 8 heteroatoms. The summed E-state index contributed by atoms with van der Waals surface area (Å²) in [6, 6.07) is 8.49. The number of likely N-dealkylation sites (N-methyl/N-ethyl adjacent to an activating group) is 1. The van der Waals surface area contributed by atoms with Crippen molar-refractivity contribution >= 4 is 34.2 Å². The van der Waals surface area contributed by atoms with Crippen molar-refractivity contribution < 1.29 is 23.9 Å². The number of anilines is 1. The second kappa shape index (κ2) is 9.40. The number of carbonyl (C=O) groups is 3. The first kappa shape index (κ1) is 22.0. The number of benzene rings is 1. The van der Waals surface area contributed by atoms with E-state index in [-0.39, 0.29) is 28.9 Å². The Labute approximate surface area is 180 Å². The van der Waals surface area contributed by atoms with Crippen molar-refractivity contribution in [3.05, 3.63) is 51.4 Å². The number of amides is 1. The molecule has 1 atom stereocenters. The Morgan fingerprint density at radius 3 is 2.57 bits per heavy atom. The molecule has 0 fully saturated rings. The van der Waals surface area contributed by atoms with Crippen molar-refractivity contribution in [2.24, 2.45) is 0 Å². The van der Waals surface area contributed by atoms with Crippen molar-refractivity contribution in [2.75, 3.05) is 33.1 Å². The van der Waals surface area contributed by atoms with Gasteiger partial charge in [0.25, 0.3) is 0 Å². The van der Waals surface area contributed by atoms with Crippen LogP contribution >= 0.6 is 11.3 Å². The Morgan fingerprint density at radius 1 is 1.17 bits per heavy atom. The van der Waals surface area contributed by atoms with E-state index >= 15 is 0 Å². The first-order valence-electron chi connectivity index (χ1n) is 9.75. The monoisotopic (exact) mass is 430 g/mol. The molecule has 1 amide bonds. The number of nitrogens with one attached hydrogen (secondary N) is 1. The van der Waals surface area contributed by atoms with E-state index in [0.717, 1.165) is 30.6 Å². The van der Waals surface area contributed by atoms with E-state index < -0.39 is 11.9 Å². The zero-order valence-electron chi connectivity index (χ0n) is 17.6. The van der Waals surface area contributed by atoms with Crippen LogP contribution in [0.2, 0.25) is 0 Å². The molecule has 0 unspecified atom stereocenters. The van der Waals surface area contributed by atoms with Crippen molar-refractivity contribution in [2.45, 2.75) is 32.2 Å². The van der Waals surface area contributed by atoms with Crippen LogP contribution in [0.4, 0.5) is 5.00 Å². The highest BCUT2D eigenvalue weighted by Crippen LogP contribution is 2.35. The lowest BCUT2D eigenvalue weighted by molar-refractivity contribution is -0.117. The molecule has 1 N–H and O–H groups in total. The van der Waals surface area contributed by atoms with Gasteiger partial charge in [0.15, 0.2) is 0 Å². The van der Waals surface area contributed by atoms with Gasteiger partial charge in [0.05, 0.1) is 26.3 Å². The first-order valence-corrected chi connectivity index (χ1v) is 10.6. The molecule has 0 bridgehead atoms. The van der Waals surface area contributed by atoms with Crippen molar-refractivity contribution in [1.29, 1.82) is 0 Å². The number of fused-ring (bicyclic) bond motifs is 1. The number of ether oxygens (including phenoxy) is 2. The maximum Gasteiger partial charge on any atom is 0.348 e. The Bertz CT molecular complexity index is 968. The van der Waals surface area contributed by atoms with Crippen LogP contribution in [0.25, 0.3) is 0 Å². The molecule has 1 heterocycles. The normalized spacial score (nSPS) is 15.4. The van der Waals surface area contributed by atoms with Crippen molar-refractivity contribution in [3.63, 3.8) is 0 Å². The molecule has 160 valence electrons. The number of carbonyl (C=O) groups excluding carboxylic acids is 3. The Morgan fingerprint density at radius 2 is 1.87 bits per heavy atom. The maximum atomic E-state index is 12.8. The van der Waals surface area contributed by atoms with Crippen LogP contribution in [0.5, 0.6) is 0 Å². The number of nitrogens with zero attached hydrogens (tertiary/aromatic N) is 1. The molecule has 1 aromatic carbocycles. The first-order chi connectivity index (χ1) is 14.4. The molecule has 1 aliphatic carbocycles. The van der Waals surface area contributed by atoms with Crippen LogP contribution < -0.4 is 5.32 Å². The van der Waals surface area contributed by atoms with E-state index in [2.05, 4.69) is 17.4 Å². The molecule has 3 rings (SSSR count). The highest BCUT2D eigenvalue weighted by Gasteiger charge is 2.28. The van der Waals surface area contributed by atoms with Crippen LogP contribution in [-0.2, 0) is 20.7 Å². The second-order valence-electron chi connectivity index (χ2n) is 7.31.